The number of rotatable bonds is 6. The van der Waals surface area contributed by atoms with Gasteiger partial charge in [0.05, 0.1) is 19.9 Å². The van der Waals surface area contributed by atoms with Crippen LogP contribution in [0.1, 0.15) is 25.0 Å². The first-order valence-electron chi connectivity index (χ1n) is 7.00. The summed E-state index contributed by atoms with van der Waals surface area (Å²) in [5.41, 5.74) is 1.27. The molecule has 1 aromatic heterocycles. The van der Waals surface area contributed by atoms with Gasteiger partial charge in [-0.15, -0.1) is 0 Å². The summed E-state index contributed by atoms with van der Waals surface area (Å²) >= 11 is 6.15. The van der Waals surface area contributed by atoms with Gasteiger partial charge in [-0.2, -0.15) is 5.10 Å². The number of hydrogen-bond donors (Lipinski definition) is 1. The zero-order valence-corrected chi connectivity index (χ0v) is 13.7. The van der Waals surface area contributed by atoms with Crippen LogP contribution in [-0.4, -0.2) is 28.4 Å². The molecule has 0 saturated heterocycles. The molecule has 0 saturated carbocycles. The van der Waals surface area contributed by atoms with Crippen molar-refractivity contribution in [3.63, 3.8) is 0 Å². The van der Waals surface area contributed by atoms with Crippen LogP contribution in [0.3, 0.4) is 0 Å². The van der Waals surface area contributed by atoms with Crippen molar-refractivity contribution in [2.75, 3.05) is 7.11 Å². The molecule has 0 bridgehead atoms. The van der Waals surface area contributed by atoms with Crippen LogP contribution in [0.5, 0.6) is 0 Å². The maximum Gasteiger partial charge on any atom is 0.325 e. The summed E-state index contributed by atoms with van der Waals surface area (Å²) in [6.45, 7) is 4.71. The number of methoxy groups -OCH3 is 1. The number of ether oxygens (including phenoxy) is 1. The summed E-state index contributed by atoms with van der Waals surface area (Å²) in [6, 6.07) is 7.69. The molecule has 5 nitrogen and oxygen atoms in total. The highest BCUT2D eigenvalue weighted by atomic mass is 35.5. The fourth-order valence-electron chi connectivity index (χ4n) is 2.04. The second-order valence-corrected chi connectivity index (χ2v) is 6.01. The van der Waals surface area contributed by atoms with Crippen molar-refractivity contribution >= 4 is 17.6 Å². The van der Waals surface area contributed by atoms with Crippen molar-refractivity contribution in [2.45, 2.75) is 32.5 Å². The first kappa shape index (κ1) is 16.5. The first-order valence-corrected chi connectivity index (χ1v) is 7.38. The van der Waals surface area contributed by atoms with Gasteiger partial charge < -0.3 is 4.74 Å². The van der Waals surface area contributed by atoms with Gasteiger partial charge in [0.15, 0.2) is 0 Å². The van der Waals surface area contributed by atoms with Gasteiger partial charge in [0.25, 0.3) is 0 Å². The van der Waals surface area contributed by atoms with E-state index in [1.807, 2.05) is 35.1 Å². The quantitative estimate of drug-likeness (QED) is 0.831. The summed E-state index contributed by atoms with van der Waals surface area (Å²) in [6.07, 6.45) is 3.71. The highest BCUT2D eigenvalue weighted by molar-refractivity contribution is 6.31. The van der Waals surface area contributed by atoms with Crippen molar-refractivity contribution in [3.8, 4) is 0 Å². The lowest BCUT2D eigenvalue weighted by atomic mass is 10.1. The Hall–Kier alpha value is -1.85. The molecular formula is C16H20ClN3O2. The van der Waals surface area contributed by atoms with Gasteiger partial charge in [-0.05, 0) is 25.5 Å². The average Bonchev–Trinajstić information content (AvgIpc) is 2.94. The van der Waals surface area contributed by atoms with E-state index in [9.17, 15) is 4.79 Å². The number of aromatic nitrogens is 2. The number of hydrogen-bond acceptors (Lipinski definition) is 4. The van der Waals surface area contributed by atoms with Crippen molar-refractivity contribution in [3.05, 3.63) is 52.8 Å². The summed E-state index contributed by atoms with van der Waals surface area (Å²) in [4.78, 5) is 11.6. The second kappa shape index (κ2) is 6.94. The van der Waals surface area contributed by atoms with Crippen LogP contribution in [0, 0.1) is 0 Å². The van der Waals surface area contributed by atoms with Gasteiger partial charge in [0.2, 0.25) is 0 Å². The number of carbonyl (C=O) groups excluding carboxylic acids is 1. The summed E-state index contributed by atoms with van der Waals surface area (Å²) < 4.78 is 6.59. The molecule has 0 fully saturated rings. The van der Waals surface area contributed by atoms with Crippen molar-refractivity contribution in [1.29, 1.82) is 0 Å². The van der Waals surface area contributed by atoms with E-state index in [2.05, 4.69) is 10.4 Å². The van der Waals surface area contributed by atoms with E-state index in [0.717, 1.165) is 16.1 Å². The van der Waals surface area contributed by atoms with E-state index in [1.165, 1.54) is 7.11 Å². The zero-order chi connectivity index (χ0) is 16.2. The fourth-order valence-corrected chi connectivity index (χ4v) is 2.23. The average molecular weight is 322 g/mol. The maximum atomic E-state index is 11.6. The molecular weight excluding hydrogens is 302 g/mol. The minimum Gasteiger partial charge on any atom is -0.468 e. The second-order valence-electron chi connectivity index (χ2n) is 5.61. The van der Waals surface area contributed by atoms with Crippen LogP contribution in [0.2, 0.25) is 5.02 Å². The first-order chi connectivity index (χ1) is 10.4. The monoisotopic (exact) mass is 321 g/mol. The van der Waals surface area contributed by atoms with E-state index in [0.29, 0.717) is 13.1 Å². The van der Waals surface area contributed by atoms with Crippen molar-refractivity contribution in [1.82, 2.24) is 15.1 Å². The molecule has 0 amide bonds. The van der Waals surface area contributed by atoms with Gasteiger partial charge in [-0.1, -0.05) is 29.8 Å². The molecule has 2 aromatic rings. The third-order valence-electron chi connectivity index (χ3n) is 3.41. The number of benzene rings is 1. The molecule has 1 aromatic carbocycles. The van der Waals surface area contributed by atoms with E-state index < -0.39 is 5.54 Å². The molecule has 0 aliphatic heterocycles. The molecule has 0 aliphatic carbocycles. The summed E-state index contributed by atoms with van der Waals surface area (Å²) in [7, 11) is 1.38. The van der Waals surface area contributed by atoms with Gasteiger partial charge >= 0.3 is 5.97 Å². The molecule has 0 radical (unpaired) electrons. The van der Waals surface area contributed by atoms with E-state index in [1.54, 1.807) is 20.0 Å². The predicted octanol–water partition coefficient (Wildman–Crippen LogP) is 2.63. The number of esters is 1. The molecule has 6 heteroatoms. The Labute approximate surface area is 135 Å². The lowest BCUT2D eigenvalue weighted by molar-refractivity contribution is -0.147. The Kier molecular flexibility index (Phi) is 5.21. The minimum absolute atomic E-state index is 0.295. The Morgan fingerprint density at radius 1 is 1.41 bits per heavy atom. The van der Waals surface area contributed by atoms with Crippen LogP contribution in [0.15, 0.2) is 36.7 Å². The molecule has 118 valence electrons. The van der Waals surface area contributed by atoms with Gasteiger partial charge in [-0.3, -0.25) is 14.8 Å². The highest BCUT2D eigenvalue weighted by Gasteiger charge is 2.27. The number of nitrogens with zero attached hydrogens (tertiary/aromatic N) is 2. The molecule has 0 spiro atoms. The highest BCUT2D eigenvalue weighted by Crippen LogP contribution is 2.16. The summed E-state index contributed by atoms with van der Waals surface area (Å²) in [5.74, 6) is -0.295. The van der Waals surface area contributed by atoms with Crippen LogP contribution in [0.4, 0.5) is 0 Å². The molecule has 0 aliphatic rings. The Morgan fingerprint density at radius 2 is 2.14 bits per heavy atom. The fraction of sp³-hybridized carbons (Fsp3) is 0.375. The SMILES string of the molecule is COC(=O)C(C)(C)NCc1cnn(Cc2ccccc2Cl)c1. The Morgan fingerprint density at radius 3 is 2.82 bits per heavy atom. The largest absolute Gasteiger partial charge is 0.468 e. The van der Waals surface area contributed by atoms with E-state index in [-0.39, 0.29) is 5.97 Å². The molecule has 0 atom stereocenters. The number of nitrogens with one attached hydrogen (secondary N) is 1. The Balaban J connectivity index is 1.97. The molecule has 0 unspecified atom stereocenters. The summed E-state index contributed by atoms with van der Waals surface area (Å²) in [5, 5.41) is 8.21. The minimum atomic E-state index is -0.737. The third-order valence-corrected chi connectivity index (χ3v) is 3.78. The number of carbonyl (C=O) groups is 1. The molecule has 1 N–H and O–H groups in total. The topological polar surface area (TPSA) is 56.1 Å². The van der Waals surface area contributed by atoms with Crippen molar-refractivity contribution in [2.24, 2.45) is 0 Å². The van der Waals surface area contributed by atoms with Crippen LogP contribution >= 0.6 is 11.6 Å². The van der Waals surface area contributed by atoms with E-state index >= 15 is 0 Å². The smallest absolute Gasteiger partial charge is 0.325 e. The lowest BCUT2D eigenvalue weighted by Crippen LogP contribution is -2.46. The molecule has 1 heterocycles. The van der Waals surface area contributed by atoms with Crippen LogP contribution in [0.25, 0.3) is 0 Å². The predicted molar refractivity (Wildman–Crippen MR) is 85.7 cm³/mol. The molecule has 22 heavy (non-hydrogen) atoms. The van der Waals surface area contributed by atoms with Crippen LogP contribution in [-0.2, 0) is 22.6 Å². The van der Waals surface area contributed by atoms with Gasteiger partial charge in [-0.25, -0.2) is 0 Å². The molecule has 2 rings (SSSR count). The third kappa shape index (κ3) is 4.08. The zero-order valence-electron chi connectivity index (χ0n) is 13.0. The van der Waals surface area contributed by atoms with Crippen LogP contribution < -0.4 is 5.32 Å². The maximum absolute atomic E-state index is 11.6. The van der Waals surface area contributed by atoms with Gasteiger partial charge in [0.1, 0.15) is 5.54 Å². The number of halogens is 1. The van der Waals surface area contributed by atoms with Gasteiger partial charge in [0, 0.05) is 23.3 Å². The van der Waals surface area contributed by atoms with E-state index in [4.69, 9.17) is 16.3 Å². The Bertz CT molecular complexity index is 652. The lowest BCUT2D eigenvalue weighted by Gasteiger charge is -2.22. The van der Waals surface area contributed by atoms with Crippen molar-refractivity contribution < 1.29 is 9.53 Å². The normalized spacial score (nSPS) is 11.5. The standard InChI is InChI=1S/C16H20ClN3O2/c1-16(2,15(21)22-3)18-8-12-9-19-20(10-12)11-13-6-4-5-7-14(13)17/h4-7,9-10,18H,8,11H2,1-3H3.